The van der Waals surface area contributed by atoms with Crippen molar-refractivity contribution >= 4 is 11.9 Å². The van der Waals surface area contributed by atoms with Crippen molar-refractivity contribution in [2.24, 2.45) is 0 Å². The van der Waals surface area contributed by atoms with Crippen LogP contribution in [0.4, 0.5) is 13.2 Å². The maximum Gasteiger partial charge on any atom is 0.573 e. The van der Waals surface area contributed by atoms with Crippen LogP contribution in [-0.2, 0) is 11.3 Å². The second-order valence-corrected chi connectivity index (χ2v) is 9.12. The number of ether oxygens (including phenoxy) is 1. The fraction of sp³-hybridized carbons (Fsp3) is 0.370. The van der Waals surface area contributed by atoms with Crippen LogP contribution in [0, 0.1) is 0 Å². The van der Waals surface area contributed by atoms with Crippen LogP contribution in [0.2, 0.25) is 0 Å². The van der Waals surface area contributed by atoms with Gasteiger partial charge in [0.15, 0.2) is 0 Å². The van der Waals surface area contributed by atoms with Gasteiger partial charge in [-0.2, -0.15) is 5.10 Å². The summed E-state index contributed by atoms with van der Waals surface area (Å²) in [5, 5.41) is 16.1. The molecule has 1 heterocycles. The van der Waals surface area contributed by atoms with E-state index in [0.29, 0.717) is 29.3 Å². The zero-order chi connectivity index (χ0) is 26.4. The number of nitrogens with one attached hydrogen (secondary N) is 1. The molecule has 0 aliphatic heterocycles. The zero-order valence-corrected chi connectivity index (χ0v) is 20.1. The Morgan fingerprint density at radius 1 is 1.03 bits per heavy atom. The van der Waals surface area contributed by atoms with Crippen LogP contribution in [0.3, 0.4) is 0 Å². The standard InChI is InChI=1S/C27H28F3N3O4/c28-27(29,30)37-22-12-10-19(11-13-22)23-16-24(20-4-2-1-3-5-20)33(32-23)17-18-6-8-21(9-7-18)26(36)31-15-14-25(34)35/h6-13,16,20H,1-5,14-15,17H2,(H,31,36)(H,34,35). The third-order valence-corrected chi connectivity index (χ3v) is 6.39. The van der Waals surface area contributed by atoms with E-state index in [-0.39, 0.29) is 24.6 Å². The molecule has 0 spiro atoms. The molecular formula is C27H28F3N3O4. The van der Waals surface area contributed by atoms with Gasteiger partial charge >= 0.3 is 12.3 Å². The molecule has 0 radical (unpaired) electrons. The van der Waals surface area contributed by atoms with Gasteiger partial charge in [-0.3, -0.25) is 14.3 Å². The van der Waals surface area contributed by atoms with Crippen molar-refractivity contribution in [3.8, 4) is 17.0 Å². The summed E-state index contributed by atoms with van der Waals surface area (Å²) in [6.45, 7) is 0.530. The van der Waals surface area contributed by atoms with Crippen molar-refractivity contribution in [3.63, 3.8) is 0 Å². The van der Waals surface area contributed by atoms with Gasteiger partial charge in [-0.05, 0) is 60.9 Å². The lowest BCUT2D eigenvalue weighted by Gasteiger charge is -2.22. The number of amides is 1. The lowest BCUT2D eigenvalue weighted by atomic mass is 9.86. The van der Waals surface area contributed by atoms with Gasteiger partial charge in [0, 0.05) is 29.3 Å². The van der Waals surface area contributed by atoms with Crippen LogP contribution in [0.25, 0.3) is 11.3 Å². The largest absolute Gasteiger partial charge is 0.573 e. The highest BCUT2D eigenvalue weighted by atomic mass is 19.4. The number of hydrogen-bond donors (Lipinski definition) is 2. The van der Waals surface area contributed by atoms with Gasteiger partial charge < -0.3 is 15.2 Å². The number of carbonyl (C=O) groups is 2. The molecule has 7 nitrogen and oxygen atoms in total. The summed E-state index contributed by atoms with van der Waals surface area (Å²) in [5.74, 6) is -1.25. The highest BCUT2D eigenvalue weighted by molar-refractivity contribution is 5.94. The number of aromatic nitrogens is 2. The molecular weight excluding hydrogens is 487 g/mol. The second-order valence-electron chi connectivity index (χ2n) is 9.12. The molecule has 1 fully saturated rings. The molecule has 10 heteroatoms. The van der Waals surface area contributed by atoms with Gasteiger partial charge in [-0.15, -0.1) is 13.2 Å². The van der Waals surface area contributed by atoms with E-state index in [4.69, 9.17) is 10.2 Å². The summed E-state index contributed by atoms with van der Waals surface area (Å²) in [6, 6.07) is 14.8. The van der Waals surface area contributed by atoms with E-state index in [1.165, 1.54) is 18.6 Å². The molecule has 1 aromatic heterocycles. The van der Waals surface area contributed by atoms with Crippen LogP contribution >= 0.6 is 0 Å². The number of hydrogen-bond acceptors (Lipinski definition) is 4. The molecule has 2 N–H and O–H groups in total. The predicted molar refractivity (Wildman–Crippen MR) is 130 cm³/mol. The van der Waals surface area contributed by atoms with Crippen LogP contribution < -0.4 is 10.1 Å². The summed E-state index contributed by atoms with van der Waals surface area (Å²) < 4.78 is 43.4. The van der Waals surface area contributed by atoms with Gasteiger partial charge in [0.1, 0.15) is 5.75 Å². The van der Waals surface area contributed by atoms with Crippen molar-refractivity contribution in [1.29, 1.82) is 0 Å². The van der Waals surface area contributed by atoms with E-state index in [2.05, 4.69) is 10.1 Å². The number of carboxylic acids is 1. The number of halogens is 3. The van der Waals surface area contributed by atoms with Crippen molar-refractivity contribution in [2.45, 2.75) is 57.3 Å². The van der Waals surface area contributed by atoms with Crippen LogP contribution in [0.5, 0.6) is 5.75 Å². The number of carboxylic acid groups (broad SMARTS) is 1. The number of rotatable bonds is 9. The van der Waals surface area contributed by atoms with Gasteiger partial charge in [0.2, 0.25) is 0 Å². The van der Waals surface area contributed by atoms with Gasteiger partial charge in [-0.25, -0.2) is 0 Å². The summed E-state index contributed by atoms with van der Waals surface area (Å²) >= 11 is 0. The Bertz CT molecular complexity index is 1220. The van der Waals surface area contributed by atoms with Crippen LogP contribution in [0.1, 0.15) is 66.1 Å². The molecule has 0 atom stereocenters. The first kappa shape index (κ1) is 26.2. The Balaban J connectivity index is 1.52. The SMILES string of the molecule is O=C(O)CCNC(=O)c1ccc(Cn2nc(-c3ccc(OC(F)(F)F)cc3)cc2C2CCCCC2)cc1. The molecule has 2 aromatic carbocycles. The highest BCUT2D eigenvalue weighted by Crippen LogP contribution is 2.35. The normalized spacial score (nSPS) is 14.4. The molecule has 4 rings (SSSR count). The first-order valence-corrected chi connectivity index (χ1v) is 12.2. The monoisotopic (exact) mass is 515 g/mol. The molecule has 37 heavy (non-hydrogen) atoms. The molecule has 0 saturated heterocycles. The molecule has 196 valence electrons. The Kier molecular flexibility index (Phi) is 8.15. The predicted octanol–water partition coefficient (Wildman–Crippen LogP) is 5.75. The number of nitrogens with zero attached hydrogens (tertiary/aromatic N) is 2. The minimum Gasteiger partial charge on any atom is -0.481 e. The van der Waals surface area contributed by atoms with Crippen LogP contribution in [-0.4, -0.2) is 39.7 Å². The average molecular weight is 516 g/mol. The summed E-state index contributed by atoms with van der Waals surface area (Å²) in [7, 11) is 0. The molecule has 1 aliphatic carbocycles. The van der Waals surface area contributed by atoms with Crippen molar-refractivity contribution < 1.29 is 32.6 Å². The molecule has 3 aromatic rings. The van der Waals surface area contributed by atoms with E-state index in [9.17, 15) is 22.8 Å². The van der Waals surface area contributed by atoms with Crippen LogP contribution in [0.15, 0.2) is 54.6 Å². The molecule has 1 amide bonds. The summed E-state index contributed by atoms with van der Waals surface area (Å²) in [6.07, 6.45) is 0.701. The number of benzene rings is 2. The maximum atomic E-state index is 12.5. The minimum absolute atomic E-state index is 0.0556. The summed E-state index contributed by atoms with van der Waals surface area (Å²) in [4.78, 5) is 22.9. The van der Waals surface area contributed by atoms with Crippen molar-refractivity contribution in [1.82, 2.24) is 15.1 Å². The fourth-order valence-corrected chi connectivity index (χ4v) is 4.57. The number of aliphatic carboxylic acids is 1. The smallest absolute Gasteiger partial charge is 0.481 e. The van der Waals surface area contributed by atoms with E-state index < -0.39 is 12.3 Å². The number of carbonyl (C=O) groups excluding carboxylic acids is 1. The lowest BCUT2D eigenvalue weighted by molar-refractivity contribution is -0.274. The van der Waals surface area contributed by atoms with Gasteiger partial charge in [0.25, 0.3) is 5.91 Å². The van der Waals surface area contributed by atoms with Gasteiger partial charge in [-0.1, -0.05) is 31.4 Å². The van der Waals surface area contributed by atoms with E-state index in [0.717, 1.165) is 36.9 Å². The van der Waals surface area contributed by atoms with Gasteiger partial charge in [0.05, 0.1) is 18.7 Å². The Morgan fingerprint density at radius 2 is 1.70 bits per heavy atom. The topological polar surface area (TPSA) is 93.5 Å². The second kappa shape index (κ2) is 11.5. The lowest BCUT2D eigenvalue weighted by Crippen LogP contribution is -2.25. The molecule has 0 unspecified atom stereocenters. The van der Waals surface area contributed by atoms with Crippen molar-refractivity contribution in [2.75, 3.05) is 6.54 Å². The number of alkyl halides is 3. The Morgan fingerprint density at radius 3 is 2.32 bits per heavy atom. The first-order valence-electron chi connectivity index (χ1n) is 12.2. The Hall–Kier alpha value is -3.82. The quantitative estimate of drug-likeness (QED) is 0.379. The molecule has 0 bridgehead atoms. The van der Waals surface area contributed by atoms with E-state index in [1.54, 1.807) is 24.3 Å². The minimum atomic E-state index is -4.74. The van der Waals surface area contributed by atoms with Crippen molar-refractivity contribution in [3.05, 3.63) is 71.4 Å². The Labute approximate surface area is 212 Å². The fourth-order valence-electron chi connectivity index (χ4n) is 4.57. The third-order valence-electron chi connectivity index (χ3n) is 6.39. The summed E-state index contributed by atoms with van der Waals surface area (Å²) in [5.41, 5.74) is 3.82. The molecule has 1 saturated carbocycles. The third kappa shape index (κ3) is 7.34. The first-order chi connectivity index (χ1) is 17.7. The van der Waals surface area contributed by atoms with E-state index >= 15 is 0 Å². The average Bonchev–Trinajstić information content (AvgIpc) is 3.28. The van der Waals surface area contributed by atoms with E-state index in [1.807, 2.05) is 22.9 Å². The maximum absolute atomic E-state index is 12.5. The highest BCUT2D eigenvalue weighted by Gasteiger charge is 2.31. The molecule has 1 aliphatic rings. The zero-order valence-electron chi connectivity index (χ0n) is 20.1.